The second kappa shape index (κ2) is 9.49. The van der Waals surface area contributed by atoms with E-state index in [9.17, 15) is 0 Å². The summed E-state index contributed by atoms with van der Waals surface area (Å²) in [5.41, 5.74) is 9.62. The zero-order chi connectivity index (χ0) is 17.4. The molecular formula is C18H31N5O. The monoisotopic (exact) mass is 333 g/mol. The van der Waals surface area contributed by atoms with Gasteiger partial charge in [-0.25, -0.2) is 4.99 Å². The molecule has 134 valence electrons. The van der Waals surface area contributed by atoms with Crippen LogP contribution in [0.2, 0.25) is 0 Å². The van der Waals surface area contributed by atoms with Crippen molar-refractivity contribution in [1.82, 2.24) is 10.2 Å². The van der Waals surface area contributed by atoms with Crippen molar-refractivity contribution >= 4 is 11.6 Å². The van der Waals surface area contributed by atoms with Gasteiger partial charge in [0.15, 0.2) is 5.96 Å². The number of rotatable bonds is 7. The van der Waals surface area contributed by atoms with Crippen LogP contribution in [0.5, 0.6) is 0 Å². The Hall–Kier alpha value is -1.79. The Bertz CT molecular complexity index is 538. The average molecular weight is 333 g/mol. The van der Waals surface area contributed by atoms with Crippen LogP contribution < -0.4 is 16.0 Å². The van der Waals surface area contributed by atoms with Crippen molar-refractivity contribution in [2.45, 2.75) is 19.9 Å². The predicted molar refractivity (Wildman–Crippen MR) is 101 cm³/mol. The maximum atomic E-state index is 5.97. The Balaban J connectivity index is 1.71. The van der Waals surface area contributed by atoms with Crippen LogP contribution in [0, 0.1) is 6.92 Å². The quantitative estimate of drug-likeness (QED) is 0.446. The van der Waals surface area contributed by atoms with Gasteiger partial charge in [0.1, 0.15) is 0 Å². The first-order valence-corrected chi connectivity index (χ1v) is 8.67. The lowest BCUT2D eigenvalue weighted by Crippen LogP contribution is -2.39. The van der Waals surface area contributed by atoms with E-state index in [4.69, 9.17) is 10.5 Å². The number of benzene rings is 1. The summed E-state index contributed by atoms with van der Waals surface area (Å²) in [6.45, 7) is 8.43. The molecule has 0 aromatic heterocycles. The molecule has 0 spiro atoms. The summed E-state index contributed by atoms with van der Waals surface area (Å²) in [4.78, 5) is 8.98. The SMILES string of the molecule is Cc1cc(N(C)C)ccc1CN=C(N)NCCCN1CCOCC1. The molecule has 0 saturated carbocycles. The average Bonchev–Trinajstić information content (AvgIpc) is 2.58. The van der Waals surface area contributed by atoms with Crippen LogP contribution in [0.4, 0.5) is 5.69 Å². The normalized spacial score (nSPS) is 16.2. The van der Waals surface area contributed by atoms with E-state index in [2.05, 4.69) is 45.2 Å². The Morgan fingerprint density at radius 2 is 2.08 bits per heavy atom. The molecule has 2 rings (SSSR count). The molecule has 1 aromatic rings. The number of hydrogen-bond acceptors (Lipinski definition) is 4. The largest absolute Gasteiger partial charge is 0.379 e. The molecule has 0 unspecified atom stereocenters. The van der Waals surface area contributed by atoms with Crippen LogP contribution in [0.1, 0.15) is 17.5 Å². The van der Waals surface area contributed by atoms with Crippen molar-refractivity contribution in [3.8, 4) is 0 Å². The fourth-order valence-electron chi connectivity index (χ4n) is 2.71. The Labute approximate surface area is 145 Å². The number of anilines is 1. The van der Waals surface area contributed by atoms with E-state index in [0.29, 0.717) is 12.5 Å². The molecule has 6 heteroatoms. The van der Waals surface area contributed by atoms with Crippen LogP contribution >= 0.6 is 0 Å². The third-order valence-electron chi connectivity index (χ3n) is 4.32. The van der Waals surface area contributed by atoms with Crippen molar-refractivity contribution in [2.75, 3.05) is 58.4 Å². The van der Waals surface area contributed by atoms with Crippen molar-refractivity contribution in [1.29, 1.82) is 0 Å². The van der Waals surface area contributed by atoms with Gasteiger partial charge in [0.25, 0.3) is 0 Å². The van der Waals surface area contributed by atoms with Gasteiger partial charge in [-0.3, -0.25) is 4.90 Å². The molecule has 0 radical (unpaired) electrons. The minimum atomic E-state index is 0.521. The molecule has 0 amide bonds. The van der Waals surface area contributed by atoms with Gasteiger partial charge in [0.05, 0.1) is 19.8 Å². The first-order chi connectivity index (χ1) is 11.6. The van der Waals surface area contributed by atoms with Gasteiger partial charge in [0.2, 0.25) is 0 Å². The highest BCUT2D eigenvalue weighted by Gasteiger charge is 2.09. The predicted octanol–water partition coefficient (Wildman–Crippen LogP) is 1.19. The van der Waals surface area contributed by atoms with Crippen molar-refractivity contribution in [3.05, 3.63) is 29.3 Å². The van der Waals surface area contributed by atoms with Gasteiger partial charge in [-0.15, -0.1) is 0 Å². The maximum Gasteiger partial charge on any atom is 0.188 e. The topological polar surface area (TPSA) is 66.1 Å². The number of hydrogen-bond donors (Lipinski definition) is 2. The highest BCUT2D eigenvalue weighted by Crippen LogP contribution is 2.17. The summed E-state index contributed by atoms with van der Waals surface area (Å²) < 4.78 is 5.35. The number of aryl methyl sites for hydroxylation is 1. The number of ether oxygens (including phenoxy) is 1. The molecule has 0 atom stereocenters. The van der Waals surface area contributed by atoms with Gasteiger partial charge in [-0.05, 0) is 43.1 Å². The fourth-order valence-corrected chi connectivity index (χ4v) is 2.71. The molecule has 1 aliphatic heterocycles. The summed E-state index contributed by atoms with van der Waals surface area (Å²) in [6, 6.07) is 6.42. The number of nitrogens with one attached hydrogen (secondary N) is 1. The Morgan fingerprint density at radius 1 is 1.33 bits per heavy atom. The Morgan fingerprint density at radius 3 is 2.75 bits per heavy atom. The molecule has 1 aromatic carbocycles. The summed E-state index contributed by atoms with van der Waals surface area (Å²) in [6.07, 6.45) is 1.06. The van der Waals surface area contributed by atoms with E-state index in [-0.39, 0.29) is 0 Å². The maximum absolute atomic E-state index is 5.97. The number of morpholine rings is 1. The molecule has 0 bridgehead atoms. The lowest BCUT2D eigenvalue weighted by atomic mass is 10.1. The second-order valence-corrected chi connectivity index (χ2v) is 6.44. The summed E-state index contributed by atoms with van der Waals surface area (Å²) in [5, 5.41) is 3.20. The summed E-state index contributed by atoms with van der Waals surface area (Å²) >= 11 is 0. The molecule has 1 aliphatic rings. The molecule has 3 N–H and O–H groups in total. The first-order valence-electron chi connectivity index (χ1n) is 8.67. The van der Waals surface area contributed by atoms with E-state index in [0.717, 1.165) is 45.8 Å². The first kappa shape index (κ1) is 18.5. The van der Waals surface area contributed by atoms with Gasteiger partial charge in [0, 0.05) is 39.4 Å². The van der Waals surface area contributed by atoms with E-state index in [1.165, 1.54) is 16.8 Å². The fraction of sp³-hybridized carbons (Fsp3) is 0.611. The van der Waals surface area contributed by atoms with Crippen LogP contribution in [0.3, 0.4) is 0 Å². The lowest BCUT2D eigenvalue weighted by molar-refractivity contribution is 0.0376. The molecule has 1 heterocycles. The van der Waals surface area contributed by atoms with E-state index >= 15 is 0 Å². The third-order valence-corrected chi connectivity index (χ3v) is 4.32. The van der Waals surface area contributed by atoms with Crippen molar-refractivity contribution in [3.63, 3.8) is 0 Å². The minimum Gasteiger partial charge on any atom is -0.379 e. The van der Waals surface area contributed by atoms with Gasteiger partial charge in [-0.2, -0.15) is 0 Å². The summed E-state index contributed by atoms with van der Waals surface area (Å²) in [5.74, 6) is 0.521. The number of guanidine groups is 1. The molecule has 6 nitrogen and oxygen atoms in total. The molecule has 24 heavy (non-hydrogen) atoms. The van der Waals surface area contributed by atoms with Crippen LogP contribution in [-0.2, 0) is 11.3 Å². The number of aliphatic imine (C=N–C) groups is 1. The minimum absolute atomic E-state index is 0.521. The zero-order valence-electron chi connectivity index (χ0n) is 15.2. The van der Waals surface area contributed by atoms with E-state index in [1.807, 2.05) is 14.1 Å². The van der Waals surface area contributed by atoms with Gasteiger partial charge >= 0.3 is 0 Å². The van der Waals surface area contributed by atoms with Crippen molar-refractivity contribution < 1.29 is 4.74 Å². The van der Waals surface area contributed by atoms with E-state index < -0.39 is 0 Å². The lowest BCUT2D eigenvalue weighted by Gasteiger charge is -2.26. The molecule has 1 fully saturated rings. The summed E-state index contributed by atoms with van der Waals surface area (Å²) in [7, 11) is 4.09. The standard InChI is InChI=1S/C18H31N5O/c1-15-13-17(22(2)3)6-5-16(15)14-21-18(19)20-7-4-8-23-9-11-24-12-10-23/h5-6,13H,4,7-12,14H2,1-3H3,(H3,19,20,21). The molecule has 1 saturated heterocycles. The van der Waals surface area contributed by atoms with Crippen LogP contribution in [0.25, 0.3) is 0 Å². The zero-order valence-corrected chi connectivity index (χ0v) is 15.2. The van der Waals surface area contributed by atoms with Gasteiger partial charge in [-0.1, -0.05) is 6.07 Å². The Kier molecular flexibility index (Phi) is 7.34. The highest BCUT2D eigenvalue weighted by atomic mass is 16.5. The smallest absolute Gasteiger partial charge is 0.188 e. The van der Waals surface area contributed by atoms with Crippen LogP contribution in [0.15, 0.2) is 23.2 Å². The van der Waals surface area contributed by atoms with Gasteiger partial charge < -0.3 is 20.7 Å². The highest BCUT2D eigenvalue weighted by molar-refractivity contribution is 5.77. The van der Waals surface area contributed by atoms with Crippen LogP contribution in [-0.4, -0.2) is 64.3 Å². The molecular weight excluding hydrogens is 302 g/mol. The molecule has 0 aliphatic carbocycles. The third kappa shape index (κ3) is 6.02. The number of nitrogens with two attached hydrogens (primary N) is 1. The second-order valence-electron chi connectivity index (χ2n) is 6.44. The van der Waals surface area contributed by atoms with E-state index in [1.54, 1.807) is 0 Å². The van der Waals surface area contributed by atoms with Crippen molar-refractivity contribution in [2.24, 2.45) is 10.7 Å². The number of nitrogens with zero attached hydrogens (tertiary/aromatic N) is 3.